The van der Waals surface area contributed by atoms with E-state index >= 15 is 0 Å². The Morgan fingerprint density at radius 1 is 1.28 bits per heavy atom. The van der Waals surface area contributed by atoms with Crippen molar-refractivity contribution in [1.29, 1.82) is 0 Å². The van der Waals surface area contributed by atoms with Gasteiger partial charge in [-0.15, -0.1) is 0 Å². The van der Waals surface area contributed by atoms with Crippen LogP contribution in [0.3, 0.4) is 0 Å². The Labute approximate surface area is 146 Å². The third kappa shape index (κ3) is 4.26. The number of guanidine groups is 1. The minimum atomic E-state index is -0.178. The molecule has 25 heavy (non-hydrogen) atoms. The molecule has 1 aromatic carbocycles. The van der Waals surface area contributed by atoms with E-state index in [1.807, 2.05) is 19.1 Å². The Morgan fingerprint density at radius 2 is 2.04 bits per heavy atom. The number of aryl methyl sites for hydroxylation is 1. The number of benzene rings is 1. The van der Waals surface area contributed by atoms with E-state index in [4.69, 9.17) is 4.52 Å². The molecule has 7 nitrogen and oxygen atoms in total. The molecule has 1 aliphatic rings. The van der Waals surface area contributed by atoms with E-state index in [1.54, 1.807) is 13.0 Å². The van der Waals surface area contributed by atoms with Crippen LogP contribution in [0.2, 0.25) is 0 Å². The number of nitrogens with one attached hydrogen (secondary N) is 1. The molecule has 3 rings (SSSR count). The van der Waals surface area contributed by atoms with Crippen LogP contribution in [-0.2, 0) is 6.54 Å². The smallest absolute Gasteiger partial charge is 0.248 e. The zero-order chi connectivity index (χ0) is 17.6. The van der Waals surface area contributed by atoms with E-state index in [1.165, 1.54) is 6.07 Å². The normalized spacial score (nSPS) is 15.6. The Bertz CT molecular complexity index is 723. The summed E-state index contributed by atoms with van der Waals surface area (Å²) >= 11 is 0. The fourth-order valence-corrected chi connectivity index (χ4v) is 2.84. The SMILES string of the molecule is CCNC(=NCc1nc(C)no1)N1CCN(c2ccccc2F)CC1. The summed E-state index contributed by atoms with van der Waals surface area (Å²) in [6.45, 7) is 7.94. The number of hydrogen-bond acceptors (Lipinski definition) is 5. The summed E-state index contributed by atoms with van der Waals surface area (Å²) in [5.74, 6) is 1.74. The number of halogens is 1. The van der Waals surface area contributed by atoms with Gasteiger partial charge in [0, 0.05) is 32.7 Å². The van der Waals surface area contributed by atoms with Crippen LogP contribution in [0.25, 0.3) is 0 Å². The lowest BCUT2D eigenvalue weighted by molar-refractivity contribution is 0.362. The molecular weight excluding hydrogens is 323 g/mol. The molecule has 1 aliphatic heterocycles. The molecule has 1 aromatic heterocycles. The van der Waals surface area contributed by atoms with Crippen LogP contribution in [0.5, 0.6) is 0 Å². The van der Waals surface area contributed by atoms with Crippen LogP contribution in [0.15, 0.2) is 33.8 Å². The predicted octanol–water partition coefficient (Wildman–Crippen LogP) is 1.80. The molecule has 0 unspecified atom stereocenters. The van der Waals surface area contributed by atoms with Crippen LogP contribution >= 0.6 is 0 Å². The van der Waals surface area contributed by atoms with E-state index in [0.29, 0.717) is 23.9 Å². The van der Waals surface area contributed by atoms with Crippen molar-refractivity contribution < 1.29 is 8.91 Å². The van der Waals surface area contributed by atoms with Gasteiger partial charge in [0.15, 0.2) is 11.8 Å². The van der Waals surface area contributed by atoms with Crippen molar-refractivity contribution in [3.8, 4) is 0 Å². The molecule has 0 atom stereocenters. The molecule has 0 bridgehead atoms. The zero-order valence-electron chi connectivity index (χ0n) is 14.6. The predicted molar refractivity (Wildman–Crippen MR) is 94.0 cm³/mol. The fraction of sp³-hybridized carbons (Fsp3) is 0.471. The highest BCUT2D eigenvalue weighted by Gasteiger charge is 2.21. The summed E-state index contributed by atoms with van der Waals surface area (Å²) in [5.41, 5.74) is 0.658. The molecule has 0 saturated carbocycles. The zero-order valence-corrected chi connectivity index (χ0v) is 14.6. The number of piperazine rings is 1. The van der Waals surface area contributed by atoms with Gasteiger partial charge in [0.1, 0.15) is 12.4 Å². The van der Waals surface area contributed by atoms with Gasteiger partial charge in [-0.25, -0.2) is 9.38 Å². The molecule has 2 aromatic rings. The van der Waals surface area contributed by atoms with E-state index < -0.39 is 0 Å². The van der Waals surface area contributed by atoms with E-state index in [0.717, 1.165) is 38.7 Å². The second-order valence-electron chi connectivity index (χ2n) is 5.83. The Hall–Kier alpha value is -2.64. The van der Waals surface area contributed by atoms with E-state index in [-0.39, 0.29) is 5.82 Å². The lowest BCUT2D eigenvalue weighted by Gasteiger charge is -2.37. The van der Waals surface area contributed by atoms with Gasteiger partial charge in [0.2, 0.25) is 5.89 Å². The van der Waals surface area contributed by atoms with Crippen molar-refractivity contribution in [3.63, 3.8) is 0 Å². The van der Waals surface area contributed by atoms with Gasteiger partial charge in [-0.05, 0) is 26.0 Å². The van der Waals surface area contributed by atoms with Crippen molar-refractivity contribution in [1.82, 2.24) is 20.4 Å². The van der Waals surface area contributed by atoms with Crippen molar-refractivity contribution >= 4 is 11.6 Å². The largest absolute Gasteiger partial charge is 0.366 e. The van der Waals surface area contributed by atoms with Gasteiger partial charge in [0.05, 0.1) is 5.69 Å². The summed E-state index contributed by atoms with van der Waals surface area (Å²) in [7, 11) is 0. The quantitative estimate of drug-likeness (QED) is 0.673. The van der Waals surface area contributed by atoms with Crippen molar-refractivity contribution in [2.75, 3.05) is 37.6 Å². The van der Waals surface area contributed by atoms with Crippen LogP contribution in [0, 0.1) is 12.7 Å². The summed E-state index contributed by atoms with van der Waals surface area (Å²) in [6.07, 6.45) is 0. The topological polar surface area (TPSA) is 69.8 Å². The maximum atomic E-state index is 13.9. The van der Waals surface area contributed by atoms with Crippen LogP contribution in [-0.4, -0.2) is 53.7 Å². The number of rotatable bonds is 4. The Balaban J connectivity index is 1.63. The van der Waals surface area contributed by atoms with E-state index in [9.17, 15) is 4.39 Å². The lowest BCUT2D eigenvalue weighted by atomic mass is 10.2. The van der Waals surface area contributed by atoms with E-state index in [2.05, 4.69) is 30.2 Å². The highest BCUT2D eigenvalue weighted by Crippen LogP contribution is 2.20. The third-order valence-corrected chi connectivity index (χ3v) is 4.04. The van der Waals surface area contributed by atoms with Crippen molar-refractivity contribution in [3.05, 3.63) is 41.8 Å². The monoisotopic (exact) mass is 346 g/mol. The van der Waals surface area contributed by atoms with Gasteiger partial charge in [-0.2, -0.15) is 4.98 Å². The van der Waals surface area contributed by atoms with Crippen LogP contribution in [0.4, 0.5) is 10.1 Å². The van der Waals surface area contributed by atoms with Gasteiger partial charge in [0.25, 0.3) is 0 Å². The second kappa shape index (κ2) is 7.96. The maximum Gasteiger partial charge on any atom is 0.248 e. The number of anilines is 1. The number of hydrogen-bond donors (Lipinski definition) is 1. The molecule has 0 radical (unpaired) electrons. The molecule has 1 saturated heterocycles. The maximum absolute atomic E-state index is 13.9. The average molecular weight is 346 g/mol. The van der Waals surface area contributed by atoms with Crippen LogP contribution < -0.4 is 10.2 Å². The fourth-order valence-electron chi connectivity index (χ4n) is 2.84. The molecule has 0 aliphatic carbocycles. The Kier molecular flexibility index (Phi) is 5.47. The molecule has 134 valence electrons. The molecule has 1 N–H and O–H groups in total. The number of para-hydroxylation sites is 1. The molecule has 8 heteroatoms. The van der Waals surface area contributed by atoms with Crippen molar-refractivity contribution in [2.45, 2.75) is 20.4 Å². The summed E-state index contributed by atoms with van der Waals surface area (Å²) in [6, 6.07) is 6.90. The number of aromatic nitrogens is 2. The van der Waals surface area contributed by atoms with Gasteiger partial charge in [-0.1, -0.05) is 17.3 Å². The lowest BCUT2D eigenvalue weighted by Crippen LogP contribution is -2.52. The first-order valence-corrected chi connectivity index (χ1v) is 8.49. The first kappa shape index (κ1) is 17.2. The van der Waals surface area contributed by atoms with Crippen LogP contribution in [0.1, 0.15) is 18.6 Å². The summed E-state index contributed by atoms with van der Waals surface area (Å²) in [5, 5.41) is 7.06. The number of nitrogens with zero attached hydrogens (tertiary/aromatic N) is 5. The van der Waals surface area contributed by atoms with Gasteiger partial charge in [-0.3, -0.25) is 0 Å². The van der Waals surface area contributed by atoms with Gasteiger partial charge >= 0.3 is 0 Å². The first-order valence-electron chi connectivity index (χ1n) is 8.49. The van der Waals surface area contributed by atoms with Gasteiger partial charge < -0.3 is 19.6 Å². The number of aliphatic imine (C=N–C) groups is 1. The first-order chi connectivity index (χ1) is 12.2. The standard InChI is InChI=1S/C17H23FN6O/c1-3-19-17(20-12-16-21-13(2)22-25-16)24-10-8-23(9-11-24)15-7-5-4-6-14(15)18/h4-7H,3,8-12H2,1-2H3,(H,19,20). The Morgan fingerprint density at radius 3 is 2.68 bits per heavy atom. The minimum absolute atomic E-state index is 0.178. The van der Waals surface area contributed by atoms with Crippen molar-refractivity contribution in [2.24, 2.45) is 4.99 Å². The highest BCUT2D eigenvalue weighted by atomic mass is 19.1. The molecule has 0 spiro atoms. The highest BCUT2D eigenvalue weighted by molar-refractivity contribution is 5.80. The molecule has 0 amide bonds. The second-order valence-corrected chi connectivity index (χ2v) is 5.83. The average Bonchev–Trinajstić information content (AvgIpc) is 3.05. The third-order valence-electron chi connectivity index (χ3n) is 4.04. The molecular formula is C17H23FN6O. The minimum Gasteiger partial charge on any atom is -0.366 e. The summed E-state index contributed by atoms with van der Waals surface area (Å²) in [4.78, 5) is 13.0. The molecule has 1 fully saturated rings. The summed E-state index contributed by atoms with van der Waals surface area (Å²) < 4.78 is 19.1. The molecule has 2 heterocycles.